The molecule has 0 saturated carbocycles. The summed E-state index contributed by atoms with van der Waals surface area (Å²) in [6.45, 7) is 2.34. The van der Waals surface area contributed by atoms with E-state index in [0.29, 0.717) is 54.9 Å². The van der Waals surface area contributed by atoms with Gasteiger partial charge in [0.2, 0.25) is 0 Å². The largest absolute Gasteiger partial charge is 0.416 e. The minimum Gasteiger partial charge on any atom is -0.368 e. The highest BCUT2D eigenvalue weighted by Crippen LogP contribution is 2.32. The highest BCUT2D eigenvalue weighted by molar-refractivity contribution is 5.97. The van der Waals surface area contributed by atoms with E-state index >= 15 is 0 Å². The van der Waals surface area contributed by atoms with Gasteiger partial charge >= 0.3 is 6.18 Å². The first-order chi connectivity index (χ1) is 15.8. The van der Waals surface area contributed by atoms with Gasteiger partial charge in [0.25, 0.3) is 11.5 Å². The normalized spacial score (nSPS) is 16.7. The summed E-state index contributed by atoms with van der Waals surface area (Å²) in [4.78, 5) is 34.0. The average Bonchev–Trinajstić information content (AvgIpc) is 2.83. The molecule has 0 N–H and O–H groups in total. The molecule has 33 heavy (non-hydrogen) atoms. The molecule has 0 atom stereocenters. The number of aryl methyl sites for hydroxylation is 1. The molecule has 0 unspecified atom stereocenters. The Labute approximate surface area is 188 Å². The Morgan fingerprint density at radius 3 is 2.48 bits per heavy atom. The molecule has 2 aliphatic rings. The van der Waals surface area contributed by atoms with Crippen LogP contribution in [0.2, 0.25) is 0 Å². The smallest absolute Gasteiger partial charge is 0.368 e. The van der Waals surface area contributed by atoms with Crippen LogP contribution in [0.3, 0.4) is 0 Å². The number of piperazine rings is 1. The van der Waals surface area contributed by atoms with E-state index < -0.39 is 11.7 Å². The van der Waals surface area contributed by atoms with Gasteiger partial charge in [-0.3, -0.25) is 14.2 Å². The summed E-state index contributed by atoms with van der Waals surface area (Å²) in [6, 6.07) is 10.3. The van der Waals surface area contributed by atoms with Gasteiger partial charge < -0.3 is 9.80 Å². The number of anilines is 1. The number of carbonyl (C=O) groups is 1. The summed E-state index contributed by atoms with van der Waals surface area (Å²) in [5.74, 6) is 0.596. The average molecular weight is 456 g/mol. The number of hydrogen-bond acceptors (Lipinski definition) is 4. The quantitative estimate of drug-likeness (QED) is 0.590. The van der Waals surface area contributed by atoms with Crippen LogP contribution in [0, 0.1) is 0 Å². The molecule has 2 aliphatic heterocycles. The Hall–Kier alpha value is -3.36. The first kappa shape index (κ1) is 21.5. The van der Waals surface area contributed by atoms with E-state index in [9.17, 15) is 22.8 Å². The van der Waals surface area contributed by atoms with Gasteiger partial charge in [-0.25, -0.2) is 4.98 Å². The second-order valence-electron chi connectivity index (χ2n) is 8.50. The number of benzene rings is 2. The zero-order valence-electron chi connectivity index (χ0n) is 17.9. The number of amides is 1. The summed E-state index contributed by atoms with van der Waals surface area (Å²) < 4.78 is 40.8. The number of rotatable bonds is 2. The van der Waals surface area contributed by atoms with Gasteiger partial charge in [-0.2, -0.15) is 13.2 Å². The van der Waals surface area contributed by atoms with Crippen molar-refractivity contribution in [2.75, 3.05) is 31.1 Å². The van der Waals surface area contributed by atoms with Crippen LogP contribution in [0.1, 0.15) is 34.6 Å². The summed E-state index contributed by atoms with van der Waals surface area (Å²) >= 11 is 0. The zero-order chi connectivity index (χ0) is 23.2. The molecule has 172 valence electrons. The first-order valence-corrected chi connectivity index (χ1v) is 11.1. The summed E-state index contributed by atoms with van der Waals surface area (Å²) in [5, 5.41) is 0.506. The van der Waals surface area contributed by atoms with Crippen molar-refractivity contribution in [3.05, 3.63) is 69.8 Å². The SMILES string of the molecule is O=C(c1ccc2c(=O)n3c(nc2c1)CCCC3)N1CCN(c2cccc(C(F)(F)F)c2)CC1. The number of halogens is 3. The number of fused-ring (bicyclic) bond motifs is 2. The lowest BCUT2D eigenvalue weighted by atomic mass is 10.1. The van der Waals surface area contributed by atoms with Gasteiger partial charge in [-0.15, -0.1) is 0 Å². The van der Waals surface area contributed by atoms with Gasteiger partial charge in [0.1, 0.15) is 5.82 Å². The van der Waals surface area contributed by atoms with Crippen molar-refractivity contribution in [3.63, 3.8) is 0 Å². The van der Waals surface area contributed by atoms with Gasteiger partial charge in [0, 0.05) is 50.4 Å². The van der Waals surface area contributed by atoms with Crippen LogP contribution in [-0.2, 0) is 19.1 Å². The van der Waals surface area contributed by atoms with E-state index in [1.807, 2.05) is 4.90 Å². The van der Waals surface area contributed by atoms with Crippen molar-refractivity contribution < 1.29 is 18.0 Å². The molecule has 1 aromatic heterocycles. The maximum atomic E-state index is 13.1. The molecule has 0 spiro atoms. The third kappa shape index (κ3) is 4.07. The Morgan fingerprint density at radius 2 is 1.73 bits per heavy atom. The van der Waals surface area contributed by atoms with E-state index in [0.717, 1.165) is 37.2 Å². The van der Waals surface area contributed by atoms with Crippen molar-refractivity contribution >= 4 is 22.5 Å². The van der Waals surface area contributed by atoms with Gasteiger partial charge in [0.05, 0.1) is 16.5 Å². The second-order valence-corrected chi connectivity index (χ2v) is 8.50. The predicted molar refractivity (Wildman–Crippen MR) is 119 cm³/mol. The standard InChI is InChI=1S/C24H23F3N4O2/c25-24(26,27)17-4-3-5-18(15-17)29-10-12-30(13-11-29)22(32)16-7-8-19-20(14-16)28-21-6-1-2-9-31(21)23(19)33/h3-5,7-8,14-15H,1-2,6,9-13H2. The van der Waals surface area contributed by atoms with E-state index in [2.05, 4.69) is 4.98 Å². The van der Waals surface area contributed by atoms with Crippen LogP contribution in [0.25, 0.3) is 10.9 Å². The van der Waals surface area contributed by atoms with Crippen LogP contribution < -0.4 is 10.5 Å². The molecule has 3 heterocycles. The lowest BCUT2D eigenvalue weighted by Crippen LogP contribution is -2.48. The van der Waals surface area contributed by atoms with Gasteiger partial charge in [-0.05, 0) is 49.2 Å². The molecule has 1 fully saturated rings. The summed E-state index contributed by atoms with van der Waals surface area (Å²) in [5.41, 5.74) is 0.741. The Bertz CT molecular complexity index is 1280. The monoisotopic (exact) mass is 456 g/mol. The maximum absolute atomic E-state index is 13.1. The van der Waals surface area contributed by atoms with Crippen molar-refractivity contribution in [2.24, 2.45) is 0 Å². The molecule has 5 rings (SSSR count). The van der Waals surface area contributed by atoms with Gasteiger partial charge in [-0.1, -0.05) is 6.07 Å². The number of alkyl halides is 3. The Morgan fingerprint density at radius 1 is 0.939 bits per heavy atom. The fourth-order valence-corrected chi connectivity index (χ4v) is 4.60. The van der Waals surface area contributed by atoms with Crippen LogP contribution in [-0.4, -0.2) is 46.5 Å². The van der Waals surface area contributed by atoms with Crippen molar-refractivity contribution in [2.45, 2.75) is 32.0 Å². The van der Waals surface area contributed by atoms with Crippen LogP contribution in [0.4, 0.5) is 18.9 Å². The molecule has 3 aromatic rings. The molecular weight excluding hydrogens is 433 g/mol. The van der Waals surface area contributed by atoms with Gasteiger partial charge in [0.15, 0.2) is 0 Å². The predicted octanol–water partition coefficient (Wildman–Crippen LogP) is 3.71. The summed E-state index contributed by atoms with van der Waals surface area (Å²) in [7, 11) is 0. The molecule has 9 heteroatoms. The molecule has 0 aliphatic carbocycles. The molecule has 1 saturated heterocycles. The lowest BCUT2D eigenvalue weighted by molar-refractivity contribution is -0.137. The van der Waals surface area contributed by atoms with Crippen molar-refractivity contribution in [3.8, 4) is 0 Å². The van der Waals surface area contributed by atoms with Crippen molar-refractivity contribution in [1.29, 1.82) is 0 Å². The van der Waals surface area contributed by atoms with E-state index in [4.69, 9.17) is 0 Å². The number of aromatic nitrogens is 2. The molecule has 1 amide bonds. The molecular formula is C24H23F3N4O2. The summed E-state index contributed by atoms with van der Waals surface area (Å²) in [6.07, 6.45) is -1.68. The minimum absolute atomic E-state index is 0.0663. The molecule has 2 aromatic carbocycles. The Kier molecular flexibility index (Phi) is 5.34. The number of nitrogens with zero attached hydrogens (tertiary/aromatic N) is 4. The fraction of sp³-hybridized carbons (Fsp3) is 0.375. The number of hydrogen-bond donors (Lipinski definition) is 0. The zero-order valence-corrected chi connectivity index (χ0v) is 17.9. The molecule has 0 bridgehead atoms. The van der Waals surface area contributed by atoms with Crippen molar-refractivity contribution in [1.82, 2.24) is 14.5 Å². The Balaban J connectivity index is 1.32. The van der Waals surface area contributed by atoms with Crippen LogP contribution in [0.15, 0.2) is 47.3 Å². The fourth-order valence-electron chi connectivity index (χ4n) is 4.60. The minimum atomic E-state index is -4.39. The second kappa shape index (κ2) is 8.20. The van der Waals surface area contributed by atoms with Crippen LogP contribution >= 0.6 is 0 Å². The molecule has 6 nitrogen and oxygen atoms in total. The number of carbonyl (C=O) groups excluding carboxylic acids is 1. The maximum Gasteiger partial charge on any atom is 0.416 e. The third-order valence-corrected chi connectivity index (χ3v) is 6.42. The van der Waals surface area contributed by atoms with E-state index in [1.165, 1.54) is 6.07 Å². The highest BCUT2D eigenvalue weighted by atomic mass is 19.4. The third-order valence-electron chi connectivity index (χ3n) is 6.42. The highest BCUT2D eigenvalue weighted by Gasteiger charge is 2.31. The topological polar surface area (TPSA) is 58.4 Å². The first-order valence-electron chi connectivity index (χ1n) is 11.1. The van der Waals surface area contributed by atoms with Crippen LogP contribution in [0.5, 0.6) is 0 Å². The van der Waals surface area contributed by atoms with E-state index in [1.54, 1.807) is 33.7 Å². The van der Waals surface area contributed by atoms with E-state index in [-0.39, 0.29) is 11.5 Å². The lowest BCUT2D eigenvalue weighted by Gasteiger charge is -2.36. The molecule has 0 radical (unpaired) electrons.